The lowest BCUT2D eigenvalue weighted by Gasteiger charge is -2.00. The summed E-state index contributed by atoms with van der Waals surface area (Å²) in [5, 5.41) is 0. The number of nitrogens with one attached hydrogen (secondary N) is 3. The van der Waals surface area contributed by atoms with Crippen LogP contribution in [0.2, 0.25) is 0 Å². The summed E-state index contributed by atoms with van der Waals surface area (Å²) in [6, 6.07) is 0. The highest BCUT2D eigenvalue weighted by Crippen LogP contribution is 1.94. The van der Waals surface area contributed by atoms with Gasteiger partial charge in [-0.1, -0.05) is 6.92 Å². The third-order valence-electron chi connectivity index (χ3n) is 2.29. The van der Waals surface area contributed by atoms with Crippen LogP contribution in [-0.2, 0) is 0 Å². The lowest BCUT2D eigenvalue weighted by molar-refractivity contribution is 0.0892. The van der Waals surface area contributed by atoms with Crippen molar-refractivity contribution >= 4 is 17.1 Å². The first kappa shape index (κ1) is 11.1. The Hall–Kier alpha value is -2.38. The number of rotatable bonds is 2. The van der Waals surface area contributed by atoms with Crippen molar-refractivity contribution in [2.24, 2.45) is 0 Å². The van der Waals surface area contributed by atoms with Gasteiger partial charge in [-0.25, -0.2) is 9.59 Å². The van der Waals surface area contributed by atoms with Gasteiger partial charge in [0.15, 0.2) is 5.52 Å². The summed E-state index contributed by atoms with van der Waals surface area (Å²) in [6.45, 7) is 1.76. The largest absolute Gasteiger partial charge is 0.336 e. The molecule has 0 bridgehead atoms. The van der Waals surface area contributed by atoms with Gasteiger partial charge < -0.3 is 0 Å². The number of imidazole rings is 1. The van der Waals surface area contributed by atoms with Gasteiger partial charge in [0.25, 0.3) is 5.56 Å². The third-order valence-corrected chi connectivity index (χ3v) is 2.29. The van der Waals surface area contributed by atoms with Crippen molar-refractivity contribution in [2.45, 2.75) is 19.8 Å². The fourth-order valence-corrected chi connectivity index (χ4v) is 1.56. The zero-order valence-electron chi connectivity index (χ0n) is 8.99. The summed E-state index contributed by atoms with van der Waals surface area (Å²) in [5.74, 6) is -0.595. The molecule has 8 heteroatoms. The van der Waals surface area contributed by atoms with Crippen LogP contribution in [0.3, 0.4) is 0 Å². The highest BCUT2D eigenvalue weighted by molar-refractivity contribution is 5.81. The molecule has 0 atom stereocenters. The first-order valence-electron chi connectivity index (χ1n) is 5.05. The molecule has 0 radical (unpaired) electrons. The van der Waals surface area contributed by atoms with E-state index in [0.717, 1.165) is 0 Å². The van der Waals surface area contributed by atoms with Crippen molar-refractivity contribution in [3.05, 3.63) is 31.3 Å². The SMILES string of the molecule is CCCC(=O)n1c(=O)[nH]c2[nH]c(=O)[nH]c2c1=O. The molecule has 3 N–H and O–H groups in total. The van der Waals surface area contributed by atoms with E-state index in [1.54, 1.807) is 6.92 Å². The van der Waals surface area contributed by atoms with E-state index in [-0.39, 0.29) is 17.6 Å². The maximum Gasteiger partial charge on any atom is 0.336 e. The van der Waals surface area contributed by atoms with Crippen molar-refractivity contribution in [3.8, 4) is 0 Å². The van der Waals surface area contributed by atoms with E-state index < -0.39 is 22.8 Å². The second-order valence-electron chi connectivity index (χ2n) is 3.54. The van der Waals surface area contributed by atoms with Crippen LogP contribution in [0.15, 0.2) is 14.4 Å². The minimum Gasteiger partial charge on any atom is -0.300 e. The minimum absolute atomic E-state index is 0.00875. The molecule has 2 aromatic rings. The molecule has 0 amide bonds. The predicted octanol–water partition coefficient (Wildman–Crippen LogP) is -0.853. The topological polar surface area (TPSA) is 121 Å². The van der Waals surface area contributed by atoms with Gasteiger partial charge in [-0.05, 0) is 6.42 Å². The smallest absolute Gasteiger partial charge is 0.300 e. The van der Waals surface area contributed by atoms with Gasteiger partial charge in [0.1, 0.15) is 5.65 Å². The Kier molecular flexibility index (Phi) is 2.54. The first-order chi connectivity index (χ1) is 8.04. The molecule has 0 fully saturated rings. The molecule has 2 rings (SSSR count). The number of hydrogen-bond acceptors (Lipinski definition) is 4. The minimum atomic E-state index is -0.851. The summed E-state index contributed by atoms with van der Waals surface area (Å²) < 4.78 is 0.496. The predicted molar refractivity (Wildman–Crippen MR) is 59.3 cm³/mol. The molecule has 8 nitrogen and oxygen atoms in total. The van der Waals surface area contributed by atoms with E-state index in [9.17, 15) is 19.2 Å². The van der Waals surface area contributed by atoms with Crippen LogP contribution in [0.1, 0.15) is 24.6 Å². The van der Waals surface area contributed by atoms with E-state index >= 15 is 0 Å². The van der Waals surface area contributed by atoms with Crippen LogP contribution < -0.4 is 16.9 Å². The number of aromatic amines is 3. The number of nitrogens with zero attached hydrogens (tertiary/aromatic N) is 1. The van der Waals surface area contributed by atoms with Gasteiger partial charge in [-0.2, -0.15) is 4.57 Å². The number of carbonyl (C=O) groups is 1. The zero-order chi connectivity index (χ0) is 12.6. The van der Waals surface area contributed by atoms with E-state index in [1.807, 2.05) is 0 Å². The maximum absolute atomic E-state index is 11.8. The Morgan fingerprint density at radius 1 is 1.18 bits per heavy atom. The second kappa shape index (κ2) is 3.89. The quantitative estimate of drug-likeness (QED) is 0.630. The van der Waals surface area contributed by atoms with Gasteiger partial charge in [0.05, 0.1) is 0 Å². The Morgan fingerprint density at radius 3 is 2.53 bits per heavy atom. The molecule has 90 valence electrons. The Bertz CT molecular complexity index is 745. The summed E-state index contributed by atoms with van der Waals surface area (Å²) in [5.41, 5.74) is -2.41. The van der Waals surface area contributed by atoms with Crippen molar-refractivity contribution in [1.29, 1.82) is 0 Å². The Morgan fingerprint density at radius 2 is 1.88 bits per heavy atom. The van der Waals surface area contributed by atoms with Crippen LogP contribution in [0.5, 0.6) is 0 Å². The van der Waals surface area contributed by atoms with E-state index in [4.69, 9.17) is 0 Å². The number of H-pyrrole nitrogens is 3. The van der Waals surface area contributed by atoms with Gasteiger partial charge in [0, 0.05) is 6.42 Å². The first-order valence-corrected chi connectivity index (χ1v) is 5.05. The fourth-order valence-electron chi connectivity index (χ4n) is 1.56. The standard InChI is InChI=1S/C9H10N4O4/c1-2-3-4(14)13-7(15)5-6(12-9(13)17)11-8(16)10-5/h2-3H2,1H3,(H,12,17)(H2,10,11,16). The molecule has 0 aliphatic heterocycles. The van der Waals surface area contributed by atoms with Crippen LogP contribution >= 0.6 is 0 Å². The van der Waals surface area contributed by atoms with Crippen LogP contribution in [0.25, 0.3) is 11.2 Å². The van der Waals surface area contributed by atoms with Gasteiger partial charge in [-0.15, -0.1) is 0 Å². The van der Waals surface area contributed by atoms with Gasteiger partial charge in [-0.3, -0.25) is 24.5 Å². The monoisotopic (exact) mass is 238 g/mol. The molecule has 0 saturated heterocycles. The molecule has 2 heterocycles. The highest BCUT2D eigenvalue weighted by atomic mass is 16.2. The lowest BCUT2D eigenvalue weighted by atomic mass is 10.3. The molecule has 0 unspecified atom stereocenters. The molecule has 0 spiro atoms. The van der Waals surface area contributed by atoms with Crippen LogP contribution in [0.4, 0.5) is 0 Å². The Balaban J connectivity index is 2.81. The molecule has 0 saturated carbocycles. The molecule has 0 aromatic carbocycles. The van der Waals surface area contributed by atoms with E-state index in [2.05, 4.69) is 15.0 Å². The van der Waals surface area contributed by atoms with Gasteiger partial charge >= 0.3 is 11.4 Å². The van der Waals surface area contributed by atoms with E-state index in [0.29, 0.717) is 11.0 Å². The number of hydrogen-bond donors (Lipinski definition) is 3. The van der Waals surface area contributed by atoms with Crippen LogP contribution in [-0.4, -0.2) is 25.4 Å². The number of fused-ring (bicyclic) bond motifs is 1. The zero-order valence-corrected chi connectivity index (χ0v) is 8.99. The molecular formula is C9H10N4O4. The number of aromatic nitrogens is 4. The summed E-state index contributed by atoms with van der Waals surface area (Å²) in [6.07, 6.45) is 0.607. The van der Waals surface area contributed by atoms with Crippen LogP contribution in [0, 0.1) is 0 Å². The molecule has 0 aliphatic rings. The molecule has 2 aromatic heterocycles. The molecule has 17 heavy (non-hydrogen) atoms. The fraction of sp³-hybridized carbons (Fsp3) is 0.333. The van der Waals surface area contributed by atoms with Crippen molar-refractivity contribution < 1.29 is 4.79 Å². The number of carbonyl (C=O) groups excluding carboxylic acids is 1. The summed E-state index contributed by atoms with van der Waals surface area (Å²) in [4.78, 5) is 52.6. The average Bonchev–Trinajstić information content (AvgIpc) is 2.59. The van der Waals surface area contributed by atoms with E-state index in [1.165, 1.54) is 0 Å². The third kappa shape index (κ3) is 1.73. The highest BCUT2D eigenvalue weighted by Gasteiger charge is 2.15. The second-order valence-corrected chi connectivity index (χ2v) is 3.54. The normalized spacial score (nSPS) is 10.9. The Labute approximate surface area is 93.3 Å². The van der Waals surface area contributed by atoms with Gasteiger partial charge in [0.2, 0.25) is 5.91 Å². The maximum atomic E-state index is 11.8. The molecular weight excluding hydrogens is 228 g/mol. The van der Waals surface area contributed by atoms with Crippen molar-refractivity contribution in [3.63, 3.8) is 0 Å². The summed E-state index contributed by atoms with van der Waals surface area (Å²) >= 11 is 0. The molecule has 0 aliphatic carbocycles. The summed E-state index contributed by atoms with van der Waals surface area (Å²) in [7, 11) is 0. The van der Waals surface area contributed by atoms with Crippen molar-refractivity contribution in [1.82, 2.24) is 19.5 Å². The van der Waals surface area contributed by atoms with Crippen molar-refractivity contribution in [2.75, 3.05) is 0 Å². The lowest BCUT2D eigenvalue weighted by Crippen LogP contribution is -2.39. The average molecular weight is 238 g/mol.